The summed E-state index contributed by atoms with van der Waals surface area (Å²) < 4.78 is 19.0. The summed E-state index contributed by atoms with van der Waals surface area (Å²) in [6.07, 6.45) is 0. The number of halogens is 1. The Morgan fingerprint density at radius 2 is 2.10 bits per heavy atom. The van der Waals surface area contributed by atoms with Crippen LogP contribution in [0.25, 0.3) is 0 Å². The van der Waals surface area contributed by atoms with Crippen LogP contribution in [0.1, 0.15) is 18.5 Å². The second-order valence-corrected chi connectivity index (χ2v) is 4.66. The number of nitrogens with one attached hydrogen (secondary N) is 2. The van der Waals surface area contributed by atoms with Gasteiger partial charge in [0.2, 0.25) is 0 Å². The van der Waals surface area contributed by atoms with E-state index in [1.54, 1.807) is 26.2 Å². The van der Waals surface area contributed by atoms with Gasteiger partial charge in [-0.3, -0.25) is 0 Å². The molecule has 0 aliphatic heterocycles. The molecule has 1 rings (SSSR count). The fourth-order valence-electron chi connectivity index (χ4n) is 1.83. The highest BCUT2D eigenvalue weighted by molar-refractivity contribution is 5.73. The molecule has 20 heavy (non-hydrogen) atoms. The minimum Gasteiger partial charge on any atom is -0.496 e. The predicted octanol–water partition coefficient (Wildman–Crippen LogP) is 1.76. The van der Waals surface area contributed by atoms with Gasteiger partial charge in [0.15, 0.2) is 0 Å². The van der Waals surface area contributed by atoms with Gasteiger partial charge in [0.25, 0.3) is 0 Å². The lowest BCUT2D eigenvalue weighted by Gasteiger charge is -2.18. The first kappa shape index (κ1) is 16.2. The molecule has 1 aromatic rings. The maximum Gasteiger partial charge on any atom is 0.316 e. The van der Waals surface area contributed by atoms with Gasteiger partial charge in [0, 0.05) is 38.8 Å². The first-order valence-electron chi connectivity index (χ1n) is 6.48. The van der Waals surface area contributed by atoms with E-state index in [-0.39, 0.29) is 17.9 Å². The Kier molecular flexibility index (Phi) is 6.24. The molecule has 0 heterocycles. The summed E-state index contributed by atoms with van der Waals surface area (Å²) in [6, 6.07) is 4.39. The monoisotopic (exact) mass is 283 g/mol. The van der Waals surface area contributed by atoms with Crippen LogP contribution >= 0.6 is 0 Å². The van der Waals surface area contributed by atoms with E-state index in [9.17, 15) is 9.18 Å². The van der Waals surface area contributed by atoms with Gasteiger partial charge in [-0.2, -0.15) is 0 Å². The fraction of sp³-hybridized carbons (Fsp3) is 0.500. The standard InChI is InChI=1S/C14H22FN3O2/c1-10(16-8-9-17-14(19)18(2)3)13-11(15)6-5-7-12(13)20-4/h5-7,10,16H,8-9H2,1-4H3,(H,17,19). The molecule has 0 aliphatic rings. The molecule has 0 bridgehead atoms. The lowest BCUT2D eigenvalue weighted by atomic mass is 10.1. The Morgan fingerprint density at radius 1 is 1.40 bits per heavy atom. The third-order valence-corrected chi connectivity index (χ3v) is 2.92. The second-order valence-electron chi connectivity index (χ2n) is 4.66. The quantitative estimate of drug-likeness (QED) is 0.782. The number of ether oxygens (including phenoxy) is 1. The van der Waals surface area contributed by atoms with Crippen molar-refractivity contribution in [3.63, 3.8) is 0 Å². The number of nitrogens with zero attached hydrogens (tertiary/aromatic N) is 1. The van der Waals surface area contributed by atoms with E-state index in [1.165, 1.54) is 18.1 Å². The van der Waals surface area contributed by atoms with Crippen LogP contribution in [0.4, 0.5) is 9.18 Å². The van der Waals surface area contributed by atoms with E-state index >= 15 is 0 Å². The van der Waals surface area contributed by atoms with E-state index in [0.29, 0.717) is 24.4 Å². The third kappa shape index (κ3) is 4.38. The molecule has 1 atom stereocenters. The average Bonchev–Trinajstić information content (AvgIpc) is 2.42. The number of benzene rings is 1. The zero-order valence-electron chi connectivity index (χ0n) is 12.4. The number of hydrogen-bond donors (Lipinski definition) is 2. The summed E-state index contributed by atoms with van der Waals surface area (Å²) in [5.41, 5.74) is 0.494. The van der Waals surface area contributed by atoms with Crippen LogP contribution < -0.4 is 15.4 Å². The molecule has 0 spiro atoms. The van der Waals surface area contributed by atoms with Crippen molar-refractivity contribution in [1.29, 1.82) is 0 Å². The maximum atomic E-state index is 13.8. The van der Waals surface area contributed by atoms with Crippen LogP contribution in [0.2, 0.25) is 0 Å². The highest BCUT2D eigenvalue weighted by atomic mass is 19.1. The summed E-state index contributed by atoms with van der Waals surface area (Å²) in [4.78, 5) is 12.8. The molecule has 1 aromatic carbocycles. The predicted molar refractivity (Wildman–Crippen MR) is 76.5 cm³/mol. The Balaban J connectivity index is 2.51. The van der Waals surface area contributed by atoms with E-state index in [0.717, 1.165) is 0 Å². The van der Waals surface area contributed by atoms with Crippen molar-refractivity contribution in [3.05, 3.63) is 29.6 Å². The van der Waals surface area contributed by atoms with Crippen molar-refractivity contribution >= 4 is 6.03 Å². The zero-order chi connectivity index (χ0) is 15.1. The van der Waals surface area contributed by atoms with Crippen molar-refractivity contribution in [2.45, 2.75) is 13.0 Å². The van der Waals surface area contributed by atoms with Crippen LogP contribution in [0.3, 0.4) is 0 Å². The largest absolute Gasteiger partial charge is 0.496 e. The molecular formula is C14H22FN3O2. The van der Waals surface area contributed by atoms with Crippen molar-refractivity contribution < 1.29 is 13.9 Å². The molecular weight excluding hydrogens is 261 g/mol. The van der Waals surface area contributed by atoms with Crippen LogP contribution in [-0.2, 0) is 0 Å². The molecule has 112 valence electrons. The molecule has 0 fully saturated rings. The SMILES string of the molecule is COc1cccc(F)c1C(C)NCCNC(=O)N(C)C. The van der Waals surface area contributed by atoms with Crippen molar-refractivity contribution in [1.82, 2.24) is 15.5 Å². The summed E-state index contributed by atoms with van der Waals surface area (Å²) in [5.74, 6) is 0.212. The minimum atomic E-state index is -0.304. The molecule has 0 saturated carbocycles. The van der Waals surface area contributed by atoms with E-state index < -0.39 is 0 Å². The van der Waals surface area contributed by atoms with Crippen LogP contribution in [-0.4, -0.2) is 45.2 Å². The lowest BCUT2D eigenvalue weighted by molar-refractivity contribution is 0.217. The number of rotatable bonds is 6. The summed E-state index contributed by atoms with van der Waals surface area (Å²) in [6.45, 7) is 2.87. The zero-order valence-corrected chi connectivity index (χ0v) is 12.4. The highest BCUT2D eigenvalue weighted by Gasteiger charge is 2.15. The average molecular weight is 283 g/mol. The molecule has 1 unspecified atom stereocenters. The summed E-state index contributed by atoms with van der Waals surface area (Å²) in [5, 5.41) is 5.89. The number of methoxy groups -OCH3 is 1. The third-order valence-electron chi connectivity index (χ3n) is 2.92. The van der Waals surface area contributed by atoms with Gasteiger partial charge in [0.1, 0.15) is 11.6 Å². The summed E-state index contributed by atoms with van der Waals surface area (Å²) >= 11 is 0. The molecule has 0 aliphatic carbocycles. The Bertz CT molecular complexity index is 452. The van der Waals surface area contributed by atoms with Gasteiger partial charge in [-0.25, -0.2) is 9.18 Å². The number of amides is 2. The molecule has 2 amide bonds. The highest BCUT2D eigenvalue weighted by Crippen LogP contribution is 2.27. The first-order chi connectivity index (χ1) is 9.47. The molecule has 0 radical (unpaired) electrons. The van der Waals surface area contributed by atoms with Gasteiger partial charge >= 0.3 is 6.03 Å². The number of carbonyl (C=O) groups excluding carboxylic acids is 1. The first-order valence-corrected chi connectivity index (χ1v) is 6.48. The van der Waals surface area contributed by atoms with Crippen molar-refractivity contribution in [3.8, 4) is 5.75 Å². The van der Waals surface area contributed by atoms with Gasteiger partial charge in [-0.05, 0) is 19.1 Å². The van der Waals surface area contributed by atoms with Gasteiger partial charge in [0.05, 0.1) is 7.11 Å². The van der Waals surface area contributed by atoms with Crippen LogP contribution in [0.5, 0.6) is 5.75 Å². The number of carbonyl (C=O) groups is 1. The molecule has 5 nitrogen and oxygen atoms in total. The second kappa shape index (κ2) is 7.69. The summed E-state index contributed by atoms with van der Waals surface area (Å²) in [7, 11) is 4.87. The molecule has 2 N–H and O–H groups in total. The van der Waals surface area contributed by atoms with E-state index in [2.05, 4.69) is 10.6 Å². The van der Waals surface area contributed by atoms with Gasteiger partial charge in [-0.1, -0.05) is 6.07 Å². The number of hydrogen-bond acceptors (Lipinski definition) is 3. The van der Waals surface area contributed by atoms with Crippen molar-refractivity contribution in [2.75, 3.05) is 34.3 Å². The Morgan fingerprint density at radius 3 is 2.70 bits per heavy atom. The van der Waals surface area contributed by atoms with Crippen LogP contribution in [0, 0.1) is 5.82 Å². The van der Waals surface area contributed by atoms with E-state index in [4.69, 9.17) is 4.74 Å². The minimum absolute atomic E-state index is 0.150. The molecule has 6 heteroatoms. The maximum absolute atomic E-state index is 13.8. The van der Waals surface area contributed by atoms with E-state index in [1.807, 2.05) is 6.92 Å². The lowest BCUT2D eigenvalue weighted by Crippen LogP contribution is -2.38. The Labute approximate surface area is 119 Å². The normalized spacial score (nSPS) is 11.8. The Hall–Kier alpha value is -1.82. The number of urea groups is 1. The molecule has 0 aromatic heterocycles. The smallest absolute Gasteiger partial charge is 0.316 e. The van der Waals surface area contributed by atoms with Gasteiger partial charge in [-0.15, -0.1) is 0 Å². The van der Waals surface area contributed by atoms with Crippen molar-refractivity contribution in [2.24, 2.45) is 0 Å². The fourth-order valence-corrected chi connectivity index (χ4v) is 1.83. The topological polar surface area (TPSA) is 53.6 Å². The van der Waals surface area contributed by atoms with Crippen LogP contribution in [0.15, 0.2) is 18.2 Å². The van der Waals surface area contributed by atoms with Gasteiger partial charge < -0.3 is 20.3 Å². The molecule has 0 saturated heterocycles.